The van der Waals surface area contributed by atoms with Gasteiger partial charge in [-0.25, -0.2) is 14.4 Å². The zero-order valence-corrected chi connectivity index (χ0v) is 19.0. The minimum atomic E-state index is -0.381. The summed E-state index contributed by atoms with van der Waals surface area (Å²) in [5.74, 6) is 1.45. The van der Waals surface area contributed by atoms with Crippen molar-refractivity contribution >= 4 is 22.5 Å². The summed E-state index contributed by atoms with van der Waals surface area (Å²) in [4.78, 5) is 19.9. The number of fused-ring (bicyclic) bond motifs is 1. The van der Waals surface area contributed by atoms with Crippen LogP contribution in [0.25, 0.3) is 10.9 Å². The van der Waals surface area contributed by atoms with Gasteiger partial charge in [0.25, 0.3) is 0 Å². The molecule has 0 saturated carbocycles. The predicted molar refractivity (Wildman–Crippen MR) is 125 cm³/mol. The number of nitrogens with zero attached hydrogens (tertiary/aromatic N) is 2. The number of anilines is 1. The number of ketones is 1. The van der Waals surface area contributed by atoms with E-state index in [1.807, 2.05) is 19.1 Å². The standard InChI is InChI=1S/C25H30FN3O4/c1-17(18-8-10-19(26)11-9-18)29-25-21-13-24(23(32-2)14-22(21)27-16-28-25)33-12-6-4-3-5-7-20(31)15-30/h8-11,13-14,16-17,30H,3-7,12,15H2,1-2H3,(H,27,28,29)/t17-/m1/s1. The van der Waals surface area contributed by atoms with Gasteiger partial charge in [0.1, 0.15) is 24.6 Å². The van der Waals surface area contributed by atoms with Gasteiger partial charge >= 0.3 is 0 Å². The molecule has 0 radical (unpaired) electrons. The summed E-state index contributed by atoms with van der Waals surface area (Å²) in [7, 11) is 1.59. The Kier molecular flexibility index (Phi) is 8.95. The van der Waals surface area contributed by atoms with Crippen molar-refractivity contribution in [2.24, 2.45) is 0 Å². The van der Waals surface area contributed by atoms with Crippen LogP contribution < -0.4 is 14.8 Å². The Morgan fingerprint density at radius 2 is 1.85 bits per heavy atom. The Labute approximate surface area is 193 Å². The molecule has 0 bridgehead atoms. The van der Waals surface area contributed by atoms with E-state index in [2.05, 4.69) is 15.3 Å². The molecule has 3 aromatic rings. The second kappa shape index (κ2) is 12.1. The van der Waals surface area contributed by atoms with Gasteiger partial charge in [-0.05, 0) is 43.5 Å². The van der Waals surface area contributed by atoms with Crippen molar-refractivity contribution in [1.29, 1.82) is 0 Å². The van der Waals surface area contributed by atoms with Gasteiger partial charge in [-0.3, -0.25) is 4.79 Å². The van der Waals surface area contributed by atoms with Crippen molar-refractivity contribution in [3.8, 4) is 11.5 Å². The smallest absolute Gasteiger partial charge is 0.162 e. The highest BCUT2D eigenvalue weighted by atomic mass is 19.1. The molecule has 0 unspecified atom stereocenters. The number of aliphatic hydroxyl groups is 1. The number of rotatable bonds is 13. The van der Waals surface area contributed by atoms with Crippen LogP contribution in [-0.4, -0.2) is 41.2 Å². The second-order valence-electron chi connectivity index (χ2n) is 7.87. The number of carbonyl (C=O) groups is 1. The molecule has 2 aromatic carbocycles. The van der Waals surface area contributed by atoms with Gasteiger partial charge < -0.3 is 19.9 Å². The number of unbranched alkanes of at least 4 members (excludes halogenated alkanes) is 3. The van der Waals surface area contributed by atoms with Crippen LogP contribution in [0.5, 0.6) is 11.5 Å². The molecule has 3 rings (SSSR count). The van der Waals surface area contributed by atoms with E-state index in [0.29, 0.717) is 30.3 Å². The third-order valence-electron chi connectivity index (χ3n) is 5.43. The Morgan fingerprint density at radius 1 is 1.09 bits per heavy atom. The van der Waals surface area contributed by atoms with Crippen LogP contribution in [0.1, 0.15) is 50.6 Å². The second-order valence-corrected chi connectivity index (χ2v) is 7.87. The number of carbonyl (C=O) groups excluding carboxylic acids is 1. The molecule has 0 aliphatic carbocycles. The number of aromatic nitrogens is 2. The molecule has 0 aliphatic rings. The van der Waals surface area contributed by atoms with Gasteiger partial charge in [0.2, 0.25) is 0 Å². The summed E-state index contributed by atoms with van der Waals surface area (Å²) in [6.07, 6.45) is 5.36. The van der Waals surface area contributed by atoms with Crippen LogP contribution in [-0.2, 0) is 4.79 Å². The van der Waals surface area contributed by atoms with Crippen molar-refractivity contribution < 1.29 is 23.8 Å². The summed E-state index contributed by atoms with van der Waals surface area (Å²) in [6.45, 7) is 2.11. The fraction of sp³-hybridized carbons (Fsp3) is 0.400. The number of Topliss-reactive ketones (excluding diaryl/α,β-unsaturated/α-hetero) is 1. The van der Waals surface area contributed by atoms with Crippen molar-refractivity contribution in [2.45, 2.75) is 45.1 Å². The molecular formula is C25H30FN3O4. The van der Waals surface area contributed by atoms with E-state index in [1.54, 1.807) is 19.2 Å². The Morgan fingerprint density at radius 3 is 2.58 bits per heavy atom. The minimum absolute atomic E-state index is 0.0899. The first-order chi connectivity index (χ1) is 16.0. The van der Waals surface area contributed by atoms with Gasteiger partial charge in [0, 0.05) is 23.9 Å². The number of aliphatic hydroxyl groups excluding tert-OH is 1. The van der Waals surface area contributed by atoms with Gasteiger partial charge in [-0.1, -0.05) is 25.0 Å². The van der Waals surface area contributed by atoms with Gasteiger partial charge in [-0.2, -0.15) is 0 Å². The fourth-order valence-corrected chi connectivity index (χ4v) is 3.53. The third kappa shape index (κ3) is 6.86. The maximum Gasteiger partial charge on any atom is 0.162 e. The molecule has 33 heavy (non-hydrogen) atoms. The Hall–Kier alpha value is -3.26. The van der Waals surface area contributed by atoms with Gasteiger partial charge in [0.15, 0.2) is 17.3 Å². The van der Waals surface area contributed by atoms with Crippen LogP contribution in [0.3, 0.4) is 0 Å². The zero-order chi connectivity index (χ0) is 23.6. The lowest BCUT2D eigenvalue weighted by Crippen LogP contribution is -2.09. The number of benzene rings is 2. The summed E-state index contributed by atoms with van der Waals surface area (Å²) < 4.78 is 24.7. The van der Waals surface area contributed by atoms with Crippen molar-refractivity contribution in [3.63, 3.8) is 0 Å². The molecule has 8 heteroatoms. The third-order valence-corrected chi connectivity index (χ3v) is 5.43. The first kappa shape index (κ1) is 24.4. The monoisotopic (exact) mass is 455 g/mol. The maximum absolute atomic E-state index is 13.2. The minimum Gasteiger partial charge on any atom is -0.493 e. The first-order valence-electron chi connectivity index (χ1n) is 11.1. The zero-order valence-electron chi connectivity index (χ0n) is 19.0. The topological polar surface area (TPSA) is 93.6 Å². The molecule has 2 N–H and O–H groups in total. The molecule has 7 nitrogen and oxygen atoms in total. The van der Waals surface area contributed by atoms with Crippen LogP contribution in [0.15, 0.2) is 42.7 Å². The predicted octanol–water partition coefficient (Wildman–Crippen LogP) is 4.84. The van der Waals surface area contributed by atoms with E-state index in [9.17, 15) is 9.18 Å². The van der Waals surface area contributed by atoms with E-state index in [4.69, 9.17) is 14.6 Å². The van der Waals surface area contributed by atoms with Crippen LogP contribution in [0.2, 0.25) is 0 Å². The number of ether oxygens (including phenoxy) is 2. The lowest BCUT2D eigenvalue weighted by molar-refractivity contribution is -0.121. The van der Waals surface area contributed by atoms with Crippen molar-refractivity contribution in [2.75, 3.05) is 25.6 Å². The number of hydrogen-bond acceptors (Lipinski definition) is 7. The van der Waals surface area contributed by atoms with Crippen LogP contribution in [0.4, 0.5) is 10.2 Å². The van der Waals surface area contributed by atoms with Crippen molar-refractivity contribution in [1.82, 2.24) is 9.97 Å². The molecule has 0 spiro atoms. The quantitative estimate of drug-likeness (QED) is 0.356. The summed E-state index contributed by atoms with van der Waals surface area (Å²) in [6, 6.07) is 9.96. The van der Waals surface area contributed by atoms with Crippen molar-refractivity contribution in [3.05, 3.63) is 54.1 Å². The fourth-order valence-electron chi connectivity index (χ4n) is 3.53. The molecule has 0 fully saturated rings. The van der Waals surface area contributed by atoms with Gasteiger partial charge in [0.05, 0.1) is 19.2 Å². The summed E-state index contributed by atoms with van der Waals surface area (Å²) in [5, 5.41) is 12.9. The highest BCUT2D eigenvalue weighted by Gasteiger charge is 2.14. The van der Waals surface area contributed by atoms with Crippen LogP contribution in [0, 0.1) is 5.82 Å². The summed E-state index contributed by atoms with van der Waals surface area (Å²) in [5.41, 5.74) is 1.66. The lowest BCUT2D eigenvalue weighted by Gasteiger charge is -2.17. The van der Waals surface area contributed by atoms with E-state index < -0.39 is 0 Å². The highest BCUT2D eigenvalue weighted by molar-refractivity contribution is 5.91. The number of methoxy groups -OCH3 is 1. The Balaban J connectivity index is 1.67. The first-order valence-corrected chi connectivity index (χ1v) is 11.1. The van der Waals surface area contributed by atoms with E-state index in [1.165, 1.54) is 18.5 Å². The molecule has 1 aromatic heterocycles. The van der Waals surface area contributed by atoms with E-state index >= 15 is 0 Å². The molecular weight excluding hydrogens is 425 g/mol. The molecule has 1 atom stereocenters. The molecule has 0 aliphatic heterocycles. The Bertz CT molecular complexity index is 1060. The molecule has 0 saturated heterocycles. The number of halogens is 1. The molecule has 1 heterocycles. The molecule has 0 amide bonds. The SMILES string of the molecule is COc1cc2ncnc(N[C@H](C)c3ccc(F)cc3)c2cc1OCCCCCCC(=O)CO. The number of hydrogen-bond donors (Lipinski definition) is 2. The highest BCUT2D eigenvalue weighted by Crippen LogP contribution is 2.35. The average molecular weight is 456 g/mol. The number of nitrogens with one attached hydrogen (secondary N) is 1. The van der Waals surface area contributed by atoms with Crippen LogP contribution >= 0.6 is 0 Å². The van der Waals surface area contributed by atoms with E-state index in [-0.39, 0.29) is 24.2 Å². The van der Waals surface area contributed by atoms with Gasteiger partial charge in [-0.15, -0.1) is 0 Å². The maximum atomic E-state index is 13.2. The lowest BCUT2D eigenvalue weighted by atomic mass is 10.1. The van der Waals surface area contributed by atoms with E-state index in [0.717, 1.165) is 42.1 Å². The summed E-state index contributed by atoms with van der Waals surface area (Å²) >= 11 is 0. The largest absolute Gasteiger partial charge is 0.493 e. The normalized spacial score (nSPS) is 11.9. The molecule has 176 valence electrons. The average Bonchev–Trinajstić information content (AvgIpc) is 2.83.